The highest BCUT2D eigenvalue weighted by Gasteiger charge is 2.13. The number of halogens is 1. The molecule has 1 aromatic carbocycles. The van der Waals surface area contributed by atoms with Crippen LogP contribution in [-0.2, 0) is 20.3 Å². The maximum atomic E-state index is 13.0. The second-order valence-electron chi connectivity index (χ2n) is 3.51. The Hall–Kier alpha value is -1.47. The molecular formula is C11H15FN2O3S. The average molecular weight is 274 g/mol. The molecule has 0 saturated carbocycles. The number of amides is 1. The standard InChI is InChI=1S/C11H15FN2O3S/c1-17-5-4-14-11(15)7-18(16)10-6-8(12)2-3-9(10)13/h2-3,6H,4-5,7,13H2,1H3,(H,14,15). The van der Waals surface area contributed by atoms with Gasteiger partial charge in [-0.1, -0.05) is 0 Å². The van der Waals surface area contributed by atoms with Gasteiger partial charge in [0.2, 0.25) is 5.91 Å². The van der Waals surface area contributed by atoms with Crippen LogP contribution in [0.4, 0.5) is 10.1 Å². The van der Waals surface area contributed by atoms with Crippen molar-refractivity contribution in [1.82, 2.24) is 5.32 Å². The van der Waals surface area contributed by atoms with Gasteiger partial charge in [0.15, 0.2) is 0 Å². The number of hydrogen-bond donors (Lipinski definition) is 2. The molecule has 0 spiro atoms. The van der Waals surface area contributed by atoms with Crippen LogP contribution in [0.2, 0.25) is 0 Å². The van der Waals surface area contributed by atoms with Crippen molar-refractivity contribution in [2.75, 3.05) is 31.7 Å². The Morgan fingerprint density at radius 3 is 2.94 bits per heavy atom. The quantitative estimate of drug-likeness (QED) is 0.576. The highest BCUT2D eigenvalue weighted by Crippen LogP contribution is 2.17. The molecule has 1 rings (SSSR count). The number of nitrogens with two attached hydrogens (primary N) is 1. The fourth-order valence-corrected chi connectivity index (χ4v) is 2.32. The molecule has 1 aromatic rings. The molecule has 0 aromatic heterocycles. The minimum atomic E-state index is -1.66. The van der Waals surface area contributed by atoms with E-state index in [1.54, 1.807) is 0 Å². The predicted molar refractivity (Wildman–Crippen MR) is 67.0 cm³/mol. The summed E-state index contributed by atoms with van der Waals surface area (Å²) in [6, 6.07) is 3.58. The number of rotatable bonds is 6. The van der Waals surface area contributed by atoms with E-state index in [1.165, 1.54) is 19.2 Å². The summed E-state index contributed by atoms with van der Waals surface area (Å²) in [5.41, 5.74) is 5.78. The lowest BCUT2D eigenvalue weighted by atomic mass is 10.3. The summed E-state index contributed by atoms with van der Waals surface area (Å²) in [6.45, 7) is 0.714. The molecule has 1 amide bonds. The first-order valence-corrected chi connectivity index (χ1v) is 6.55. The third-order valence-electron chi connectivity index (χ3n) is 2.11. The van der Waals surface area contributed by atoms with E-state index in [0.717, 1.165) is 6.07 Å². The van der Waals surface area contributed by atoms with Crippen LogP contribution in [0.3, 0.4) is 0 Å². The summed E-state index contributed by atoms with van der Waals surface area (Å²) in [7, 11) is -0.147. The molecule has 18 heavy (non-hydrogen) atoms. The van der Waals surface area contributed by atoms with Gasteiger partial charge in [0, 0.05) is 19.3 Å². The smallest absolute Gasteiger partial charge is 0.233 e. The van der Waals surface area contributed by atoms with Crippen molar-refractivity contribution < 1.29 is 18.1 Å². The van der Waals surface area contributed by atoms with Gasteiger partial charge in [-0.25, -0.2) is 4.39 Å². The number of nitrogens with one attached hydrogen (secondary N) is 1. The summed E-state index contributed by atoms with van der Waals surface area (Å²) in [4.78, 5) is 11.5. The minimum Gasteiger partial charge on any atom is -0.398 e. The third kappa shape index (κ3) is 4.42. The van der Waals surface area contributed by atoms with Gasteiger partial charge < -0.3 is 15.8 Å². The van der Waals surface area contributed by atoms with Crippen LogP contribution in [0.15, 0.2) is 23.1 Å². The molecule has 5 nitrogen and oxygen atoms in total. The van der Waals surface area contributed by atoms with Crippen LogP contribution in [-0.4, -0.2) is 36.1 Å². The zero-order valence-corrected chi connectivity index (χ0v) is 10.8. The number of methoxy groups -OCH3 is 1. The van der Waals surface area contributed by atoms with Crippen LogP contribution < -0.4 is 11.1 Å². The van der Waals surface area contributed by atoms with Crippen molar-refractivity contribution >= 4 is 22.4 Å². The number of carbonyl (C=O) groups excluding carboxylic acids is 1. The SMILES string of the molecule is COCCNC(=O)CS(=O)c1cc(F)ccc1N. The van der Waals surface area contributed by atoms with E-state index in [0.29, 0.717) is 13.2 Å². The first-order valence-electron chi connectivity index (χ1n) is 5.23. The fraction of sp³-hybridized carbons (Fsp3) is 0.364. The van der Waals surface area contributed by atoms with Crippen LogP contribution in [0.5, 0.6) is 0 Å². The zero-order chi connectivity index (χ0) is 13.5. The van der Waals surface area contributed by atoms with Crippen molar-refractivity contribution in [3.8, 4) is 0 Å². The first kappa shape index (κ1) is 14.6. The van der Waals surface area contributed by atoms with Crippen molar-refractivity contribution in [2.45, 2.75) is 4.90 Å². The lowest BCUT2D eigenvalue weighted by Gasteiger charge is -2.07. The molecule has 7 heteroatoms. The van der Waals surface area contributed by atoms with Gasteiger partial charge in [-0.2, -0.15) is 0 Å². The number of anilines is 1. The van der Waals surface area contributed by atoms with Gasteiger partial charge >= 0.3 is 0 Å². The van der Waals surface area contributed by atoms with Gasteiger partial charge in [-0.05, 0) is 18.2 Å². The van der Waals surface area contributed by atoms with Crippen LogP contribution in [0, 0.1) is 5.82 Å². The maximum absolute atomic E-state index is 13.0. The summed E-state index contributed by atoms with van der Waals surface area (Å²) in [6.07, 6.45) is 0. The molecule has 0 aliphatic rings. The second-order valence-corrected chi connectivity index (χ2v) is 4.93. The number of nitrogen functional groups attached to an aromatic ring is 1. The van der Waals surface area contributed by atoms with E-state index in [9.17, 15) is 13.4 Å². The van der Waals surface area contributed by atoms with Gasteiger partial charge in [0.25, 0.3) is 0 Å². The van der Waals surface area contributed by atoms with E-state index in [4.69, 9.17) is 10.5 Å². The van der Waals surface area contributed by atoms with Crippen molar-refractivity contribution in [3.63, 3.8) is 0 Å². The van der Waals surface area contributed by atoms with Crippen LogP contribution in [0.1, 0.15) is 0 Å². The van der Waals surface area contributed by atoms with E-state index < -0.39 is 22.5 Å². The van der Waals surface area contributed by atoms with E-state index >= 15 is 0 Å². The molecule has 1 unspecified atom stereocenters. The molecule has 0 heterocycles. The van der Waals surface area contributed by atoms with Crippen LogP contribution in [0.25, 0.3) is 0 Å². The molecule has 0 radical (unpaired) electrons. The Kier molecular flexibility index (Phi) is 5.73. The summed E-state index contributed by atoms with van der Waals surface area (Å²) < 4.78 is 29.6. The van der Waals surface area contributed by atoms with E-state index in [1.807, 2.05) is 0 Å². The highest BCUT2D eigenvalue weighted by molar-refractivity contribution is 7.86. The van der Waals surface area contributed by atoms with Gasteiger partial charge in [0.05, 0.1) is 22.3 Å². The monoisotopic (exact) mass is 274 g/mol. The topological polar surface area (TPSA) is 81.4 Å². The number of carbonyl (C=O) groups is 1. The first-order chi connectivity index (χ1) is 8.54. The Balaban J connectivity index is 2.59. The molecule has 3 N–H and O–H groups in total. The summed E-state index contributed by atoms with van der Waals surface area (Å²) in [5.74, 6) is -1.18. The van der Waals surface area contributed by atoms with Gasteiger partial charge in [-0.3, -0.25) is 9.00 Å². The molecule has 1 atom stereocenters. The van der Waals surface area contributed by atoms with Gasteiger partial charge in [-0.15, -0.1) is 0 Å². The fourth-order valence-electron chi connectivity index (χ4n) is 1.25. The number of benzene rings is 1. The average Bonchev–Trinajstić information content (AvgIpc) is 2.32. The summed E-state index contributed by atoms with van der Waals surface area (Å²) in [5, 5.41) is 2.53. The van der Waals surface area contributed by atoms with Crippen molar-refractivity contribution in [3.05, 3.63) is 24.0 Å². The minimum absolute atomic E-state index is 0.136. The van der Waals surface area contributed by atoms with Crippen molar-refractivity contribution in [1.29, 1.82) is 0 Å². The van der Waals surface area contributed by atoms with E-state index in [-0.39, 0.29) is 16.3 Å². The lowest BCUT2D eigenvalue weighted by molar-refractivity contribution is -0.118. The molecule has 0 aliphatic carbocycles. The normalized spacial score (nSPS) is 12.1. The lowest BCUT2D eigenvalue weighted by Crippen LogP contribution is -2.31. The van der Waals surface area contributed by atoms with E-state index in [2.05, 4.69) is 5.32 Å². The summed E-state index contributed by atoms with van der Waals surface area (Å²) >= 11 is 0. The Labute approximate surface area is 107 Å². The predicted octanol–water partition coefficient (Wildman–Crippen LogP) is 0.278. The third-order valence-corrected chi connectivity index (χ3v) is 3.48. The van der Waals surface area contributed by atoms with Crippen LogP contribution >= 0.6 is 0 Å². The molecule has 100 valence electrons. The number of ether oxygens (including phenoxy) is 1. The van der Waals surface area contributed by atoms with Gasteiger partial charge in [0.1, 0.15) is 11.6 Å². The molecule has 0 saturated heterocycles. The molecule has 0 bridgehead atoms. The highest BCUT2D eigenvalue weighted by atomic mass is 32.2. The second kappa shape index (κ2) is 7.07. The molecule has 0 aliphatic heterocycles. The maximum Gasteiger partial charge on any atom is 0.233 e. The largest absolute Gasteiger partial charge is 0.398 e. The Morgan fingerprint density at radius 1 is 1.56 bits per heavy atom. The molecule has 0 fully saturated rings. The number of hydrogen-bond acceptors (Lipinski definition) is 4. The molecular weight excluding hydrogens is 259 g/mol. The Bertz CT molecular complexity index is 454. The zero-order valence-electron chi connectivity index (χ0n) is 9.94. The van der Waals surface area contributed by atoms with Crippen molar-refractivity contribution in [2.24, 2.45) is 0 Å². The Morgan fingerprint density at radius 2 is 2.28 bits per heavy atom.